The van der Waals surface area contributed by atoms with Crippen LogP contribution in [-0.4, -0.2) is 9.55 Å². The van der Waals surface area contributed by atoms with E-state index in [1.54, 1.807) is 0 Å². The molecule has 3 nitrogen and oxygen atoms in total. The molecule has 2 fully saturated rings. The van der Waals surface area contributed by atoms with E-state index in [0.717, 1.165) is 12.4 Å². The van der Waals surface area contributed by atoms with Crippen LogP contribution in [0.1, 0.15) is 94.5 Å². The quantitative estimate of drug-likeness (QED) is 0.799. The largest absolute Gasteiger partial charge is 0.384 e. The lowest BCUT2D eigenvalue weighted by Gasteiger charge is -2.13. The van der Waals surface area contributed by atoms with Crippen molar-refractivity contribution in [3.8, 4) is 0 Å². The highest BCUT2D eigenvalue weighted by atomic mass is 15.2. The van der Waals surface area contributed by atoms with Gasteiger partial charge in [-0.2, -0.15) is 0 Å². The van der Waals surface area contributed by atoms with Crippen molar-refractivity contribution in [2.24, 2.45) is 0 Å². The first-order valence-corrected chi connectivity index (χ1v) is 8.67. The Morgan fingerprint density at radius 2 is 1.75 bits per heavy atom. The first kappa shape index (κ1) is 14.0. The third kappa shape index (κ3) is 2.87. The van der Waals surface area contributed by atoms with E-state index in [4.69, 9.17) is 10.7 Å². The Kier molecular flexibility index (Phi) is 4.32. The summed E-state index contributed by atoms with van der Waals surface area (Å²) < 4.78 is 2.35. The lowest BCUT2D eigenvalue weighted by atomic mass is 9.96. The molecular weight excluding hydrogens is 246 g/mol. The maximum absolute atomic E-state index is 6.49. The van der Waals surface area contributed by atoms with Crippen LogP contribution < -0.4 is 5.73 Å². The molecule has 1 aromatic rings. The zero-order valence-electron chi connectivity index (χ0n) is 12.9. The first-order chi connectivity index (χ1) is 9.81. The molecule has 0 amide bonds. The summed E-state index contributed by atoms with van der Waals surface area (Å²) in [7, 11) is 0. The van der Waals surface area contributed by atoms with Crippen molar-refractivity contribution in [1.82, 2.24) is 9.55 Å². The zero-order valence-corrected chi connectivity index (χ0v) is 12.9. The van der Waals surface area contributed by atoms with Gasteiger partial charge in [0.25, 0.3) is 0 Å². The minimum atomic E-state index is 0.623. The molecule has 0 spiro atoms. The van der Waals surface area contributed by atoms with Gasteiger partial charge in [0.1, 0.15) is 11.6 Å². The Morgan fingerprint density at radius 3 is 2.35 bits per heavy atom. The SMILES string of the molecule is CCCCn1c(C2CC2)nc(C2CCCCCC2)c1N. The number of rotatable bonds is 5. The molecule has 112 valence electrons. The lowest BCUT2D eigenvalue weighted by Crippen LogP contribution is -2.08. The van der Waals surface area contributed by atoms with Gasteiger partial charge in [0.2, 0.25) is 0 Å². The summed E-state index contributed by atoms with van der Waals surface area (Å²) in [6.07, 6.45) is 13.1. The van der Waals surface area contributed by atoms with E-state index in [2.05, 4.69) is 11.5 Å². The molecule has 2 aliphatic carbocycles. The van der Waals surface area contributed by atoms with Crippen molar-refractivity contribution in [3.63, 3.8) is 0 Å². The van der Waals surface area contributed by atoms with Crippen molar-refractivity contribution < 1.29 is 0 Å². The Morgan fingerprint density at radius 1 is 1.05 bits per heavy atom. The minimum Gasteiger partial charge on any atom is -0.384 e. The molecule has 20 heavy (non-hydrogen) atoms. The maximum Gasteiger partial charge on any atom is 0.127 e. The molecule has 3 rings (SSSR count). The average molecular weight is 275 g/mol. The predicted octanol–water partition coefficient (Wildman–Crippen LogP) is 4.58. The van der Waals surface area contributed by atoms with Gasteiger partial charge in [-0.25, -0.2) is 4.98 Å². The second-order valence-corrected chi connectivity index (χ2v) is 6.71. The molecule has 0 bridgehead atoms. The van der Waals surface area contributed by atoms with Gasteiger partial charge in [-0.15, -0.1) is 0 Å². The van der Waals surface area contributed by atoms with Crippen LogP contribution in [0, 0.1) is 0 Å². The molecule has 0 aromatic carbocycles. The maximum atomic E-state index is 6.49. The van der Waals surface area contributed by atoms with E-state index in [1.807, 2.05) is 0 Å². The number of hydrogen-bond donors (Lipinski definition) is 1. The van der Waals surface area contributed by atoms with E-state index in [0.29, 0.717) is 11.8 Å². The van der Waals surface area contributed by atoms with E-state index in [9.17, 15) is 0 Å². The van der Waals surface area contributed by atoms with Crippen molar-refractivity contribution >= 4 is 5.82 Å². The van der Waals surface area contributed by atoms with Crippen molar-refractivity contribution in [3.05, 3.63) is 11.5 Å². The summed E-state index contributed by atoms with van der Waals surface area (Å²) >= 11 is 0. The van der Waals surface area contributed by atoms with E-state index in [-0.39, 0.29) is 0 Å². The van der Waals surface area contributed by atoms with Crippen molar-refractivity contribution in [2.45, 2.75) is 89.5 Å². The second-order valence-electron chi connectivity index (χ2n) is 6.71. The summed E-state index contributed by atoms with van der Waals surface area (Å²) in [4.78, 5) is 5.03. The van der Waals surface area contributed by atoms with Crippen LogP contribution in [0.25, 0.3) is 0 Å². The van der Waals surface area contributed by atoms with Crippen LogP contribution in [0.5, 0.6) is 0 Å². The standard InChI is InChI=1S/C17H29N3/c1-2-3-12-20-16(18)15(19-17(20)14-10-11-14)13-8-6-4-5-7-9-13/h13-14H,2-12,18H2,1H3. The van der Waals surface area contributed by atoms with Crippen LogP contribution in [-0.2, 0) is 6.54 Å². The molecule has 1 heterocycles. The van der Waals surface area contributed by atoms with Gasteiger partial charge in [0.15, 0.2) is 0 Å². The lowest BCUT2D eigenvalue weighted by molar-refractivity contribution is 0.580. The summed E-state index contributed by atoms with van der Waals surface area (Å²) in [6.45, 7) is 3.31. The Labute approximate surface area is 123 Å². The minimum absolute atomic E-state index is 0.623. The Balaban J connectivity index is 1.85. The third-order valence-corrected chi connectivity index (χ3v) is 4.98. The van der Waals surface area contributed by atoms with Gasteiger partial charge >= 0.3 is 0 Å². The molecule has 1 aromatic heterocycles. The molecule has 3 heteroatoms. The molecule has 0 aliphatic heterocycles. The van der Waals surface area contributed by atoms with Gasteiger partial charge in [-0.1, -0.05) is 39.0 Å². The molecule has 0 saturated heterocycles. The van der Waals surface area contributed by atoms with E-state index < -0.39 is 0 Å². The number of hydrogen-bond acceptors (Lipinski definition) is 2. The fourth-order valence-electron chi connectivity index (χ4n) is 3.56. The highest BCUT2D eigenvalue weighted by Crippen LogP contribution is 2.43. The molecular formula is C17H29N3. The van der Waals surface area contributed by atoms with Crippen molar-refractivity contribution in [1.29, 1.82) is 0 Å². The Hall–Kier alpha value is -0.990. The average Bonchev–Trinajstić information content (AvgIpc) is 3.26. The predicted molar refractivity (Wildman–Crippen MR) is 84.0 cm³/mol. The second kappa shape index (κ2) is 6.19. The Bertz CT molecular complexity index is 437. The fraction of sp³-hybridized carbons (Fsp3) is 0.824. The van der Waals surface area contributed by atoms with Crippen LogP contribution in [0.3, 0.4) is 0 Å². The van der Waals surface area contributed by atoms with Crippen LogP contribution >= 0.6 is 0 Å². The number of nitrogen functional groups attached to an aromatic ring is 1. The van der Waals surface area contributed by atoms with Crippen LogP contribution in [0.4, 0.5) is 5.82 Å². The van der Waals surface area contributed by atoms with Gasteiger partial charge < -0.3 is 10.3 Å². The first-order valence-electron chi connectivity index (χ1n) is 8.67. The number of nitrogens with zero attached hydrogens (tertiary/aromatic N) is 2. The molecule has 0 radical (unpaired) electrons. The normalized spacial score (nSPS) is 21.1. The van der Waals surface area contributed by atoms with Gasteiger partial charge in [0, 0.05) is 18.4 Å². The summed E-state index contributed by atoms with van der Waals surface area (Å²) in [5, 5.41) is 0. The molecule has 2 saturated carbocycles. The number of aromatic nitrogens is 2. The molecule has 0 atom stereocenters. The van der Waals surface area contributed by atoms with Gasteiger partial charge in [-0.3, -0.25) is 0 Å². The van der Waals surface area contributed by atoms with Crippen LogP contribution in [0.2, 0.25) is 0 Å². The summed E-state index contributed by atoms with van der Waals surface area (Å²) in [5.41, 5.74) is 7.73. The third-order valence-electron chi connectivity index (χ3n) is 4.98. The topological polar surface area (TPSA) is 43.8 Å². The smallest absolute Gasteiger partial charge is 0.127 e. The van der Waals surface area contributed by atoms with Gasteiger partial charge in [0.05, 0.1) is 5.69 Å². The summed E-state index contributed by atoms with van der Waals surface area (Å²) in [5.74, 6) is 3.62. The van der Waals surface area contributed by atoms with Crippen LogP contribution in [0.15, 0.2) is 0 Å². The number of imidazole rings is 1. The number of anilines is 1. The molecule has 0 unspecified atom stereocenters. The zero-order chi connectivity index (χ0) is 13.9. The number of nitrogens with two attached hydrogens (primary N) is 1. The summed E-state index contributed by atoms with van der Waals surface area (Å²) in [6, 6.07) is 0. The highest BCUT2D eigenvalue weighted by Gasteiger charge is 2.32. The molecule has 2 N–H and O–H groups in total. The monoisotopic (exact) mass is 275 g/mol. The van der Waals surface area contributed by atoms with Gasteiger partial charge in [-0.05, 0) is 32.1 Å². The molecule has 2 aliphatic rings. The van der Waals surface area contributed by atoms with Crippen molar-refractivity contribution in [2.75, 3.05) is 5.73 Å². The number of unbranched alkanes of at least 4 members (excludes halogenated alkanes) is 1. The van der Waals surface area contributed by atoms with E-state index in [1.165, 1.54) is 75.7 Å². The fourth-order valence-corrected chi connectivity index (χ4v) is 3.56. The van der Waals surface area contributed by atoms with E-state index >= 15 is 0 Å². The highest BCUT2D eigenvalue weighted by molar-refractivity contribution is 5.42.